The number of carbonyl (C=O) groups excluding carboxylic acids is 1. The molecule has 0 bridgehead atoms. The third-order valence-corrected chi connectivity index (χ3v) is 4.70. The minimum absolute atomic E-state index is 0.0841. The molecule has 0 fully saturated rings. The van der Waals surface area contributed by atoms with E-state index in [-0.39, 0.29) is 12.4 Å². The molecule has 3 aromatic heterocycles. The summed E-state index contributed by atoms with van der Waals surface area (Å²) in [5.41, 5.74) is 2.06. The molecule has 0 unspecified atom stereocenters. The van der Waals surface area contributed by atoms with E-state index >= 15 is 0 Å². The zero-order valence-corrected chi connectivity index (χ0v) is 15.1. The zero-order chi connectivity index (χ0) is 18.1. The maximum Gasteiger partial charge on any atom is 0.312 e. The first kappa shape index (κ1) is 16.5. The van der Waals surface area contributed by atoms with E-state index in [2.05, 4.69) is 9.97 Å². The van der Waals surface area contributed by atoms with Gasteiger partial charge in [-0.2, -0.15) is 0 Å². The SMILES string of the molecule is Cc1ccc(-c2nc(CC(=O)O[C@H](C)c3nc4ccccc4o3)cs2)o1. The second-order valence-electron chi connectivity index (χ2n) is 5.88. The van der Waals surface area contributed by atoms with Crippen LogP contribution in [0.15, 0.2) is 50.6 Å². The van der Waals surface area contributed by atoms with Crippen LogP contribution in [-0.4, -0.2) is 15.9 Å². The van der Waals surface area contributed by atoms with Gasteiger partial charge in [0, 0.05) is 5.38 Å². The van der Waals surface area contributed by atoms with Gasteiger partial charge in [-0.1, -0.05) is 12.1 Å². The summed E-state index contributed by atoms with van der Waals surface area (Å²) in [5.74, 6) is 1.52. The van der Waals surface area contributed by atoms with Gasteiger partial charge in [0.15, 0.2) is 22.5 Å². The minimum atomic E-state index is -0.569. The lowest BCUT2D eigenvalue weighted by Gasteiger charge is -2.08. The summed E-state index contributed by atoms with van der Waals surface area (Å²) in [6.45, 7) is 3.61. The van der Waals surface area contributed by atoms with E-state index in [1.807, 2.05) is 48.7 Å². The number of furan rings is 1. The van der Waals surface area contributed by atoms with Crippen LogP contribution in [0.5, 0.6) is 0 Å². The molecular weight excluding hydrogens is 352 g/mol. The van der Waals surface area contributed by atoms with Crippen molar-refractivity contribution in [2.24, 2.45) is 0 Å². The Labute approximate surface area is 153 Å². The van der Waals surface area contributed by atoms with Crippen LogP contribution in [0, 0.1) is 6.92 Å². The maximum absolute atomic E-state index is 12.2. The lowest BCUT2D eigenvalue weighted by molar-refractivity contribution is -0.148. The molecule has 0 radical (unpaired) electrons. The van der Waals surface area contributed by atoms with Crippen molar-refractivity contribution in [3.63, 3.8) is 0 Å². The van der Waals surface area contributed by atoms with E-state index in [0.29, 0.717) is 22.9 Å². The first-order valence-electron chi connectivity index (χ1n) is 8.14. The van der Waals surface area contributed by atoms with Gasteiger partial charge < -0.3 is 13.6 Å². The van der Waals surface area contributed by atoms with Crippen LogP contribution < -0.4 is 0 Å². The molecule has 7 heteroatoms. The van der Waals surface area contributed by atoms with Gasteiger partial charge in [-0.25, -0.2) is 9.97 Å². The average molecular weight is 368 g/mol. The number of hydrogen-bond acceptors (Lipinski definition) is 7. The fourth-order valence-corrected chi connectivity index (χ4v) is 3.33. The molecule has 132 valence electrons. The molecule has 0 saturated heterocycles. The molecule has 0 aliphatic carbocycles. The number of benzene rings is 1. The quantitative estimate of drug-likeness (QED) is 0.475. The number of oxazole rings is 1. The Balaban J connectivity index is 1.41. The topological polar surface area (TPSA) is 78.4 Å². The smallest absolute Gasteiger partial charge is 0.312 e. The number of aryl methyl sites for hydroxylation is 1. The van der Waals surface area contributed by atoms with E-state index in [1.165, 1.54) is 11.3 Å². The molecule has 0 amide bonds. The Morgan fingerprint density at radius 2 is 2.04 bits per heavy atom. The summed E-state index contributed by atoms with van der Waals surface area (Å²) >= 11 is 1.43. The van der Waals surface area contributed by atoms with Crippen molar-refractivity contribution >= 4 is 28.4 Å². The Morgan fingerprint density at radius 3 is 2.81 bits per heavy atom. The Kier molecular flexibility index (Phi) is 4.30. The lowest BCUT2D eigenvalue weighted by atomic mass is 10.3. The van der Waals surface area contributed by atoms with Gasteiger partial charge in [-0.3, -0.25) is 4.79 Å². The summed E-state index contributed by atoms with van der Waals surface area (Å²) < 4.78 is 16.6. The van der Waals surface area contributed by atoms with Crippen molar-refractivity contribution in [3.8, 4) is 10.8 Å². The number of hydrogen-bond donors (Lipinski definition) is 0. The summed E-state index contributed by atoms with van der Waals surface area (Å²) in [6.07, 6.45) is -0.485. The molecule has 1 aromatic carbocycles. The molecule has 0 spiro atoms. The number of thiazole rings is 1. The van der Waals surface area contributed by atoms with E-state index in [4.69, 9.17) is 13.6 Å². The highest BCUT2D eigenvalue weighted by Gasteiger charge is 2.19. The summed E-state index contributed by atoms with van der Waals surface area (Å²) in [7, 11) is 0. The van der Waals surface area contributed by atoms with Gasteiger partial charge in [0.05, 0.1) is 12.1 Å². The van der Waals surface area contributed by atoms with Crippen LogP contribution in [0.2, 0.25) is 0 Å². The summed E-state index contributed by atoms with van der Waals surface area (Å²) in [6, 6.07) is 11.2. The van der Waals surface area contributed by atoms with Crippen molar-refractivity contribution in [1.29, 1.82) is 0 Å². The number of rotatable bonds is 5. The van der Waals surface area contributed by atoms with E-state index in [9.17, 15) is 4.79 Å². The molecule has 3 heterocycles. The molecule has 0 aliphatic rings. The third kappa shape index (κ3) is 3.39. The maximum atomic E-state index is 12.2. The Bertz CT molecular complexity index is 1030. The highest BCUT2D eigenvalue weighted by molar-refractivity contribution is 7.13. The molecular formula is C19H16N2O4S. The number of aromatic nitrogens is 2. The standard InChI is InChI=1S/C19H16N2O4S/c1-11-7-8-16(23-11)19-20-13(10-26-19)9-17(22)24-12(2)18-21-14-5-3-4-6-15(14)25-18/h3-8,10,12H,9H2,1-2H3/t12-/m1/s1. The highest BCUT2D eigenvalue weighted by atomic mass is 32.1. The van der Waals surface area contributed by atoms with Crippen molar-refractivity contribution < 1.29 is 18.4 Å². The van der Waals surface area contributed by atoms with Gasteiger partial charge in [-0.15, -0.1) is 11.3 Å². The van der Waals surface area contributed by atoms with E-state index in [1.54, 1.807) is 6.92 Å². The van der Waals surface area contributed by atoms with Gasteiger partial charge in [-0.05, 0) is 38.1 Å². The second-order valence-corrected chi connectivity index (χ2v) is 6.74. The van der Waals surface area contributed by atoms with E-state index in [0.717, 1.165) is 16.3 Å². The van der Waals surface area contributed by atoms with Crippen molar-refractivity contribution in [2.75, 3.05) is 0 Å². The molecule has 4 aromatic rings. The molecule has 0 aliphatic heterocycles. The molecule has 26 heavy (non-hydrogen) atoms. The fourth-order valence-electron chi connectivity index (χ4n) is 2.55. The van der Waals surface area contributed by atoms with Gasteiger partial charge in [0.25, 0.3) is 0 Å². The number of esters is 1. The number of ether oxygens (including phenoxy) is 1. The summed E-state index contributed by atoms with van der Waals surface area (Å²) in [5, 5.41) is 2.58. The van der Waals surface area contributed by atoms with Crippen LogP contribution >= 0.6 is 11.3 Å². The fraction of sp³-hybridized carbons (Fsp3) is 0.211. The Morgan fingerprint density at radius 1 is 1.19 bits per heavy atom. The predicted octanol–water partition coefficient (Wildman–Crippen LogP) is 4.70. The molecule has 0 N–H and O–H groups in total. The monoisotopic (exact) mass is 368 g/mol. The van der Waals surface area contributed by atoms with Crippen LogP contribution in [-0.2, 0) is 16.0 Å². The predicted molar refractivity (Wildman–Crippen MR) is 96.8 cm³/mol. The summed E-state index contributed by atoms with van der Waals surface area (Å²) in [4.78, 5) is 21.0. The molecule has 1 atom stereocenters. The third-order valence-electron chi connectivity index (χ3n) is 3.79. The zero-order valence-electron chi connectivity index (χ0n) is 14.3. The molecule has 4 rings (SSSR count). The van der Waals surface area contributed by atoms with Crippen LogP contribution in [0.4, 0.5) is 0 Å². The van der Waals surface area contributed by atoms with Crippen LogP contribution in [0.1, 0.15) is 30.4 Å². The second kappa shape index (κ2) is 6.76. The lowest BCUT2D eigenvalue weighted by Crippen LogP contribution is -2.11. The van der Waals surface area contributed by atoms with Crippen molar-refractivity contribution in [2.45, 2.75) is 26.4 Å². The minimum Gasteiger partial charge on any atom is -0.459 e. The average Bonchev–Trinajstić information content (AvgIpc) is 3.33. The van der Waals surface area contributed by atoms with Gasteiger partial charge >= 0.3 is 5.97 Å². The van der Waals surface area contributed by atoms with Crippen molar-refractivity contribution in [3.05, 3.63) is 59.1 Å². The normalized spacial score (nSPS) is 12.4. The largest absolute Gasteiger partial charge is 0.459 e. The van der Waals surface area contributed by atoms with Gasteiger partial charge in [0.1, 0.15) is 11.3 Å². The molecule has 6 nitrogen and oxygen atoms in total. The van der Waals surface area contributed by atoms with Gasteiger partial charge in [0.2, 0.25) is 5.89 Å². The van der Waals surface area contributed by atoms with Crippen molar-refractivity contribution in [1.82, 2.24) is 9.97 Å². The number of nitrogens with zero attached hydrogens (tertiary/aromatic N) is 2. The van der Waals surface area contributed by atoms with E-state index < -0.39 is 6.10 Å². The number of carbonyl (C=O) groups is 1. The first-order chi connectivity index (χ1) is 12.6. The Hall–Kier alpha value is -2.93. The molecule has 0 saturated carbocycles. The van der Waals surface area contributed by atoms with Crippen LogP contribution in [0.3, 0.4) is 0 Å². The number of fused-ring (bicyclic) bond motifs is 1. The highest BCUT2D eigenvalue weighted by Crippen LogP contribution is 2.26. The van der Waals surface area contributed by atoms with Crippen LogP contribution in [0.25, 0.3) is 21.9 Å². The first-order valence-corrected chi connectivity index (χ1v) is 9.02. The number of para-hydroxylation sites is 2.